The van der Waals surface area contributed by atoms with Gasteiger partial charge in [0.05, 0.1) is 16.8 Å². The van der Waals surface area contributed by atoms with Crippen LogP contribution in [0.3, 0.4) is 0 Å². The molecule has 0 radical (unpaired) electrons. The molecular weight excluding hydrogens is 552 g/mol. The third-order valence-corrected chi connectivity index (χ3v) is 7.71. The summed E-state index contributed by atoms with van der Waals surface area (Å²) in [6.45, 7) is 0.943. The Morgan fingerprint density at radius 1 is 1.26 bits per heavy atom. The van der Waals surface area contributed by atoms with Gasteiger partial charge in [-0.2, -0.15) is 17.6 Å². The molecule has 6 nitrogen and oxygen atoms in total. The van der Waals surface area contributed by atoms with E-state index in [4.69, 9.17) is 19.4 Å². The minimum atomic E-state index is -4.69. The van der Waals surface area contributed by atoms with Gasteiger partial charge in [0.25, 0.3) is 0 Å². The van der Waals surface area contributed by atoms with E-state index in [1.807, 2.05) is 0 Å². The normalized spacial score (nSPS) is 22.4. The fourth-order valence-corrected chi connectivity index (χ4v) is 5.56. The highest BCUT2D eigenvalue weighted by Gasteiger charge is 2.60. The van der Waals surface area contributed by atoms with E-state index in [0.717, 1.165) is 26.2 Å². The highest BCUT2D eigenvalue weighted by atomic mass is 79.9. The average molecular weight is 570 g/mol. The third-order valence-electron chi connectivity index (χ3n) is 5.34. The Morgan fingerprint density at radius 3 is 2.53 bits per heavy atom. The highest BCUT2D eigenvalue weighted by molar-refractivity contribution is 9.10. The fourth-order valence-electron chi connectivity index (χ4n) is 3.67. The molecule has 0 aromatic heterocycles. The van der Waals surface area contributed by atoms with Crippen molar-refractivity contribution in [1.82, 2.24) is 0 Å². The first-order valence-corrected chi connectivity index (χ1v) is 11.3. The fraction of sp³-hybridized carbons (Fsp3) is 0.350. The molecule has 1 heterocycles. The van der Waals surface area contributed by atoms with Gasteiger partial charge >= 0.3 is 13.5 Å². The van der Waals surface area contributed by atoms with Gasteiger partial charge in [0.2, 0.25) is 11.7 Å². The van der Waals surface area contributed by atoms with E-state index in [0.29, 0.717) is 16.2 Å². The standard InChI is InChI=1S/C20H18BBrF5NO5S/c1-19(20(25,26)27)8-11(10-4-6-13(23)15(24)16(10)32-2)17(34-19)18(29)28-9-3-5-12(22)14(7-9)33-21(30)31/h3-7,11,17,30-31H,8H2,1-2H3,(H,28,29). The van der Waals surface area contributed by atoms with E-state index < -0.39 is 59.1 Å². The summed E-state index contributed by atoms with van der Waals surface area (Å²) in [6.07, 6.45) is -5.27. The molecule has 0 saturated carbocycles. The van der Waals surface area contributed by atoms with Crippen LogP contribution in [0.5, 0.6) is 11.5 Å². The predicted molar refractivity (Wildman–Crippen MR) is 120 cm³/mol. The van der Waals surface area contributed by atoms with Gasteiger partial charge < -0.3 is 24.8 Å². The second kappa shape index (κ2) is 9.92. The van der Waals surface area contributed by atoms with Gasteiger partial charge in [-0.05, 0) is 47.5 Å². The number of anilines is 1. The number of carbonyl (C=O) groups excluding carboxylic acids is 1. The van der Waals surface area contributed by atoms with E-state index in [9.17, 15) is 26.7 Å². The first kappa shape index (κ1) is 26.6. The molecule has 3 unspecified atom stereocenters. The van der Waals surface area contributed by atoms with E-state index >= 15 is 0 Å². The number of alkyl halides is 3. The monoisotopic (exact) mass is 569 g/mol. The van der Waals surface area contributed by atoms with Crippen molar-refractivity contribution >= 4 is 46.6 Å². The van der Waals surface area contributed by atoms with Gasteiger partial charge in [-0.1, -0.05) is 6.07 Å². The van der Waals surface area contributed by atoms with Crippen LogP contribution in [0, 0.1) is 11.6 Å². The lowest BCUT2D eigenvalue weighted by Gasteiger charge is -2.26. The molecule has 34 heavy (non-hydrogen) atoms. The molecule has 3 rings (SSSR count). The molecule has 2 aromatic carbocycles. The number of thioether (sulfide) groups is 1. The number of ether oxygens (including phenoxy) is 1. The first-order chi connectivity index (χ1) is 15.8. The SMILES string of the molecule is COc1c(C2CC(C)(C(F)(F)F)SC2C(=O)Nc2ccc(Br)c(OB(O)O)c2)ccc(F)c1F. The summed E-state index contributed by atoms with van der Waals surface area (Å²) < 4.78 is 77.3. The Bertz CT molecular complexity index is 1090. The quantitative estimate of drug-likeness (QED) is 0.347. The number of benzene rings is 2. The van der Waals surface area contributed by atoms with Crippen molar-refractivity contribution in [2.45, 2.75) is 35.4 Å². The van der Waals surface area contributed by atoms with Crippen molar-refractivity contribution in [2.75, 3.05) is 12.4 Å². The van der Waals surface area contributed by atoms with E-state index in [1.165, 1.54) is 18.2 Å². The van der Waals surface area contributed by atoms with Crippen LogP contribution in [0.15, 0.2) is 34.8 Å². The molecule has 0 bridgehead atoms. The second-order valence-corrected chi connectivity index (χ2v) is 10.1. The van der Waals surface area contributed by atoms with Crippen molar-refractivity contribution in [3.63, 3.8) is 0 Å². The molecule has 1 saturated heterocycles. The van der Waals surface area contributed by atoms with Crippen LogP contribution in [0.2, 0.25) is 0 Å². The maximum absolute atomic E-state index is 14.3. The van der Waals surface area contributed by atoms with E-state index in [1.54, 1.807) is 0 Å². The molecule has 1 fully saturated rings. The molecule has 0 aliphatic carbocycles. The number of halogens is 6. The maximum Gasteiger partial charge on any atom is 0.707 e. The lowest BCUT2D eigenvalue weighted by Crippen LogP contribution is -2.37. The summed E-state index contributed by atoms with van der Waals surface area (Å²) in [5.41, 5.74) is 0.0336. The van der Waals surface area contributed by atoms with Crippen LogP contribution in [0.4, 0.5) is 27.6 Å². The van der Waals surface area contributed by atoms with Gasteiger partial charge in [-0.15, -0.1) is 11.8 Å². The van der Waals surface area contributed by atoms with Crippen molar-refractivity contribution in [3.05, 3.63) is 52.0 Å². The van der Waals surface area contributed by atoms with Crippen LogP contribution in [0.25, 0.3) is 0 Å². The number of methoxy groups -OCH3 is 1. The molecule has 1 aliphatic rings. The number of carbonyl (C=O) groups is 1. The Balaban J connectivity index is 1.99. The number of nitrogens with one attached hydrogen (secondary N) is 1. The smallest absolute Gasteiger partial charge is 0.511 e. The van der Waals surface area contributed by atoms with E-state index in [2.05, 4.69) is 21.2 Å². The molecule has 3 N–H and O–H groups in total. The van der Waals surface area contributed by atoms with Crippen molar-refractivity contribution in [3.8, 4) is 11.5 Å². The highest BCUT2D eigenvalue weighted by Crippen LogP contribution is 2.59. The zero-order valence-corrected chi connectivity index (χ0v) is 20.0. The molecule has 14 heteroatoms. The Labute approximate surface area is 204 Å². The summed E-state index contributed by atoms with van der Waals surface area (Å²) in [6, 6.07) is 5.95. The van der Waals surface area contributed by atoms with Crippen LogP contribution in [-0.2, 0) is 4.79 Å². The minimum Gasteiger partial charge on any atom is -0.511 e. The Morgan fingerprint density at radius 2 is 1.94 bits per heavy atom. The largest absolute Gasteiger partial charge is 0.707 e. The molecule has 1 amide bonds. The summed E-state index contributed by atoms with van der Waals surface area (Å²) in [5, 5.41) is 19.1. The Hall–Kier alpha value is -2.03. The molecule has 184 valence electrons. The van der Waals surface area contributed by atoms with Crippen molar-refractivity contribution in [2.24, 2.45) is 0 Å². The number of hydrogen-bond donors (Lipinski definition) is 3. The van der Waals surface area contributed by atoms with Gasteiger partial charge in [0, 0.05) is 23.2 Å². The summed E-state index contributed by atoms with van der Waals surface area (Å²) in [5.74, 6) is -5.20. The lowest BCUT2D eigenvalue weighted by molar-refractivity contribution is -0.155. The third kappa shape index (κ3) is 5.29. The second-order valence-electron chi connectivity index (χ2n) is 7.64. The zero-order valence-electron chi connectivity index (χ0n) is 17.6. The first-order valence-electron chi connectivity index (χ1n) is 9.67. The van der Waals surface area contributed by atoms with Crippen molar-refractivity contribution < 1.29 is 46.2 Å². The van der Waals surface area contributed by atoms with Gasteiger partial charge in [0.15, 0.2) is 11.6 Å². The maximum atomic E-state index is 14.3. The van der Waals surface area contributed by atoms with Gasteiger partial charge in [-0.25, -0.2) is 4.39 Å². The molecule has 0 spiro atoms. The van der Waals surface area contributed by atoms with Gasteiger partial charge in [0.1, 0.15) is 10.5 Å². The van der Waals surface area contributed by atoms with E-state index in [-0.39, 0.29) is 17.0 Å². The summed E-state index contributed by atoms with van der Waals surface area (Å²) >= 11 is 3.50. The number of amides is 1. The average Bonchev–Trinajstić information content (AvgIpc) is 3.11. The van der Waals surface area contributed by atoms with Gasteiger partial charge in [-0.3, -0.25) is 4.79 Å². The number of rotatable bonds is 6. The summed E-state index contributed by atoms with van der Waals surface area (Å²) in [7, 11) is -1.09. The van der Waals surface area contributed by atoms with Crippen LogP contribution in [0.1, 0.15) is 24.8 Å². The molecule has 1 aliphatic heterocycles. The summed E-state index contributed by atoms with van der Waals surface area (Å²) in [4.78, 5) is 13.1. The predicted octanol–water partition coefficient (Wildman–Crippen LogP) is 4.63. The van der Waals surface area contributed by atoms with Crippen molar-refractivity contribution in [1.29, 1.82) is 0 Å². The lowest BCUT2D eigenvalue weighted by atomic mass is 9.85. The molecule has 2 aromatic rings. The minimum absolute atomic E-state index is 0.0502. The van der Waals surface area contributed by atoms with Crippen LogP contribution >= 0.6 is 27.7 Å². The topological polar surface area (TPSA) is 88.0 Å². The van der Waals surface area contributed by atoms with Crippen LogP contribution < -0.4 is 14.7 Å². The Kier molecular flexibility index (Phi) is 7.75. The number of hydrogen-bond acceptors (Lipinski definition) is 6. The molecule has 3 atom stereocenters. The zero-order chi connectivity index (χ0) is 25.4. The van der Waals surface area contributed by atoms with Crippen LogP contribution in [-0.4, -0.2) is 46.6 Å². The molecular formula is C20H18BBrF5NO5S.